The molecule has 2 rings (SSSR count). The first kappa shape index (κ1) is 13.1. The Morgan fingerprint density at radius 3 is 2.83 bits per heavy atom. The lowest BCUT2D eigenvalue weighted by Gasteiger charge is -2.16. The summed E-state index contributed by atoms with van der Waals surface area (Å²) in [7, 11) is -2.17. The van der Waals surface area contributed by atoms with Crippen LogP contribution in [0.4, 0.5) is 0 Å². The molecule has 0 aliphatic carbocycles. The molecule has 0 fully saturated rings. The Balaban J connectivity index is 2.29. The van der Waals surface area contributed by atoms with Gasteiger partial charge in [0.05, 0.1) is 17.5 Å². The lowest BCUT2D eigenvalue weighted by Crippen LogP contribution is -2.26. The minimum absolute atomic E-state index is 0.00217. The quantitative estimate of drug-likeness (QED) is 0.864. The van der Waals surface area contributed by atoms with Crippen molar-refractivity contribution < 1.29 is 12.8 Å². The Hall–Kier alpha value is -1.37. The molecule has 96 valence electrons. The molecule has 0 aliphatic rings. The molecule has 18 heavy (non-hydrogen) atoms. The number of hydrogen-bond acceptors (Lipinski definition) is 4. The maximum Gasteiger partial charge on any atom is 0.246 e. The van der Waals surface area contributed by atoms with Crippen LogP contribution in [0.3, 0.4) is 0 Å². The first-order valence-electron chi connectivity index (χ1n) is 5.09. The van der Waals surface area contributed by atoms with Gasteiger partial charge in [0, 0.05) is 31.5 Å². The monoisotopic (exact) mass is 286 g/mol. The molecule has 2 heterocycles. The van der Waals surface area contributed by atoms with E-state index in [4.69, 9.17) is 16.0 Å². The molecule has 0 aliphatic heterocycles. The molecule has 0 saturated heterocycles. The van der Waals surface area contributed by atoms with Gasteiger partial charge in [-0.2, -0.15) is 4.31 Å². The lowest BCUT2D eigenvalue weighted by molar-refractivity contribution is 0.463. The van der Waals surface area contributed by atoms with Crippen molar-refractivity contribution in [2.24, 2.45) is 0 Å². The third-order valence-electron chi connectivity index (χ3n) is 2.41. The van der Waals surface area contributed by atoms with Crippen molar-refractivity contribution in [3.8, 4) is 0 Å². The highest BCUT2D eigenvalue weighted by molar-refractivity contribution is 7.89. The Labute approximate surface area is 110 Å². The second-order valence-corrected chi connectivity index (χ2v) is 6.12. The van der Waals surface area contributed by atoms with E-state index in [-0.39, 0.29) is 16.5 Å². The molecule has 5 nitrogen and oxygen atoms in total. The molecular formula is C11H11ClN2O3S. The molecule has 7 heteroatoms. The first-order chi connectivity index (χ1) is 8.51. The third kappa shape index (κ3) is 2.55. The van der Waals surface area contributed by atoms with Gasteiger partial charge in [-0.15, -0.1) is 0 Å². The zero-order valence-corrected chi connectivity index (χ0v) is 11.1. The van der Waals surface area contributed by atoms with Crippen LogP contribution in [-0.4, -0.2) is 24.8 Å². The topological polar surface area (TPSA) is 63.4 Å². The Kier molecular flexibility index (Phi) is 3.70. The van der Waals surface area contributed by atoms with Gasteiger partial charge in [0.25, 0.3) is 0 Å². The van der Waals surface area contributed by atoms with E-state index in [1.807, 2.05) is 0 Å². The maximum atomic E-state index is 12.3. The van der Waals surface area contributed by atoms with Gasteiger partial charge in [-0.05, 0) is 12.1 Å². The summed E-state index contributed by atoms with van der Waals surface area (Å²) >= 11 is 5.87. The van der Waals surface area contributed by atoms with Crippen molar-refractivity contribution in [3.05, 3.63) is 47.6 Å². The Bertz CT molecular complexity index is 625. The molecule has 0 N–H and O–H groups in total. The zero-order chi connectivity index (χ0) is 13.2. The van der Waals surface area contributed by atoms with Crippen LogP contribution in [0, 0.1) is 0 Å². The van der Waals surface area contributed by atoms with Crippen molar-refractivity contribution in [2.45, 2.75) is 11.4 Å². The molecule has 0 atom stereocenters. The van der Waals surface area contributed by atoms with Gasteiger partial charge in [0.1, 0.15) is 4.90 Å². The summed E-state index contributed by atoms with van der Waals surface area (Å²) in [5, 5.41) is 0.157. The van der Waals surface area contributed by atoms with Crippen molar-refractivity contribution in [1.29, 1.82) is 0 Å². The number of rotatable bonds is 4. The maximum absolute atomic E-state index is 12.3. The highest BCUT2D eigenvalue weighted by Crippen LogP contribution is 2.23. The van der Waals surface area contributed by atoms with Crippen LogP contribution >= 0.6 is 11.6 Å². The second kappa shape index (κ2) is 5.09. The standard InChI is InChI=1S/C11H11ClN2O3S/c1-14(7-9-3-5-17-8-9)18(15,16)11-6-13-4-2-10(11)12/h2-6,8H,7H2,1H3. The predicted molar refractivity (Wildman–Crippen MR) is 66.6 cm³/mol. The summed E-state index contributed by atoms with van der Waals surface area (Å²) in [6.07, 6.45) is 5.67. The van der Waals surface area contributed by atoms with Gasteiger partial charge in [-0.3, -0.25) is 4.98 Å². The van der Waals surface area contributed by atoms with E-state index >= 15 is 0 Å². The molecule has 0 bridgehead atoms. The lowest BCUT2D eigenvalue weighted by atomic mass is 10.3. The number of pyridine rings is 1. The highest BCUT2D eigenvalue weighted by atomic mass is 35.5. The van der Waals surface area contributed by atoms with E-state index in [9.17, 15) is 8.42 Å². The number of halogens is 1. The van der Waals surface area contributed by atoms with Gasteiger partial charge >= 0.3 is 0 Å². The largest absolute Gasteiger partial charge is 0.472 e. The number of aromatic nitrogens is 1. The van der Waals surface area contributed by atoms with Crippen molar-refractivity contribution >= 4 is 21.6 Å². The average Bonchev–Trinajstić information content (AvgIpc) is 2.82. The molecular weight excluding hydrogens is 276 g/mol. The summed E-state index contributed by atoms with van der Waals surface area (Å²) < 4.78 is 30.6. The van der Waals surface area contributed by atoms with Crippen LogP contribution in [0.1, 0.15) is 5.56 Å². The van der Waals surface area contributed by atoms with Crippen LogP contribution in [0.5, 0.6) is 0 Å². The number of hydrogen-bond donors (Lipinski definition) is 0. The third-order valence-corrected chi connectivity index (χ3v) is 4.68. The molecule has 2 aromatic rings. The van der Waals surface area contributed by atoms with Crippen molar-refractivity contribution in [2.75, 3.05) is 7.05 Å². The van der Waals surface area contributed by atoms with Crippen molar-refractivity contribution in [3.63, 3.8) is 0 Å². The fourth-order valence-electron chi connectivity index (χ4n) is 1.45. The SMILES string of the molecule is CN(Cc1ccoc1)S(=O)(=O)c1cnccc1Cl. The number of furan rings is 1. The molecule has 2 aromatic heterocycles. The van der Waals surface area contributed by atoms with Gasteiger partial charge in [0.15, 0.2) is 0 Å². The van der Waals surface area contributed by atoms with E-state index < -0.39 is 10.0 Å². The van der Waals surface area contributed by atoms with Crippen LogP contribution < -0.4 is 0 Å². The fourth-order valence-corrected chi connectivity index (χ4v) is 3.01. The summed E-state index contributed by atoms with van der Waals surface area (Å²) in [6, 6.07) is 3.15. The van der Waals surface area contributed by atoms with Crippen LogP contribution in [0.25, 0.3) is 0 Å². The Morgan fingerprint density at radius 1 is 1.44 bits per heavy atom. The minimum atomic E-state index is -3.65. The van der Waals surface area contributed by atoms with E-state index in [1.165, 1.54) is 42.3 Å². The first-order valence-corrected chi connectivity index (χ1v) is 6.90. The molecule has 0 spiro atoms. The van der Waals surface area contributed by atoms with Gasteiger partial charge in [-0.1, -0.05) is 11.6 Å². The van der Waals surface area contributed by atoms with Crippen molar-refractivity contribution in [1.82, 2.24) is 9.29 Å². The molecule has 0 aromatic carbocycles. The number of nitrogens with zero attached hydrogens (tertiary/aromatic N) is 2. The minimum Gasteiger partial charge on any atom is -0.472 e. The van der Waals surface area contributed by atoms with Crippen LogP contribution in [0.2, 0.25) is 5.02 Å². The van der Waals surface area contributed by atoms with E-state index in [2.05, 4.69) is 4.98 Å². The predicted octanol–water partition coefficient (Wildman–Crippen LogP) is 2.15. The fraction of sp³-hybridized carbons (Fsp3) is 0.182. The van der Waals surface area contributed by atoms with Gasteiger partial charge in [0.2, 0.25) is 10.0 Å². The smallest absolute Gasteiger partial charge is 0.246 e. The van der Waals surface area contributed by atoms with Crippen LogP contribution in [-0.2, 0) is 16.6 Å². The summed E-state index contributed by atoms with van der Waals surface area (Å²) in [4.78, 5) is 3.78. The summed E-state index contributed by atoms with van der Waals surface area (Å²) in [5.41, 5.74) is 0.765. The molecule has 0 radical (unpaired) electrons. The normalized spacial score (nSPS) is 11.9. The van der Waals surface area contributed by atoms with E-state index in [0.29, 0.717) is 0 Å². The summed E-state index contributed by atoms with van der Waals surface area (Å²) in [5.74, 6) is 0. The van der Waals surface area contributed by atoms with E-state index in [1.54, 1.807) is 6.07 Å². The molecule has 0 amide bonds. The van der Waals surface area contributed by atoms with Gasteiger partial charge < -0.3 is 4.42 Å². The summed E-state index contributed by atoms with van der Waals surface area (Å²) in [6.45, 7) is 0.212. The van der Waals surface area contributed by atoms with E-state index in [0.717, 1.165) is 5.56 Å². The zero-order valence-electron chi connectivity index (χ0n) is 9.58. The molecule has 0 unspecified atom stereocenters. The second-order valence-electron chi connectivity index (χ2n) is 3.70. The Morgan fingerprint density at radius 2 is 2.22 bits per heavy atom. The van der Waals surface area contributed by atoms with Gasteiger partial charge in [-0.25, -0.2) is 8.42 Å². The van der Waals surface area contributed by atoms with Crippen LogP contribution in [0.15, 0.2) is 46.4 Å². The number of sulfonamides is 1. The highest BCUT2D eigenvalue weighted by Gasteiger charge is 2.24. The average molecular weight is 287 g/mol. The molecule has 0 saturated carbocycles.